The number of halogens is 2. The van der Waals surface area contributed by atoms with Gasteiger partial charge in [0.2, 0.25) is 0 Å². The van der Waals surface area contributed by atoms with Gasteiger partial charge in [0.15, 0.2) is 0 Å². The standard InChI is InChI=1S/C24H28Cl2N2O2/c1-23(2)12-20(28-22(30)17-6-10-19(26)11-7-17)13-24(3,14-23)15-27-21(29)16-4-8-18(25)9-5-16/h4-11,20H,12-15H2,1-3H3,(H,27,29)(H,28,30)/t20-,24-/m1/s1. The van der Waals surface area contributed by atoms with Crippen LogP contribution in [-0.4, -0.2) is 24.4 Å². The van der Waals surface area contributed by atoms with Crippen molar-refractivity contribution in [2.45, 2.75) is 46.1 Å². The van der Waals surface area contributed by atoms with Crippen LogP contribution in [0.1, 0.15) is 60.7 Å². The third-order valence-electron chi connectivity index (χ3n) is 5.67. The maximum Gasteiger partial charge on any atom is 0.251 e. The van der Waals surface area contributed by atoms with Gasteiger partial charge >= 0.3 is 0 Å². The van der Waals surface area contributed by atoms with Crippen LogP contribution in [0, 0.1) is 10.8 Å². The van der Waals surface area contributed by atoms with Crippen LogP contribution in [0.5, 0.6) is 0 Å². The van der Waals surface area contributed by atoms with E-state index in [0.29, 0.717) is 27.7 Å². The molecule has 0 bridgehead atoms. The largest absolute Gasteiger partial charge is 0.351 e. The molecule has 2 aromatic carbocycles. The zero-order valence-corrected chi connectivity index (χ0v) is 19.1. The number of nitrogens with one attached hydrogen (secondary N) is 2. The minimum Gasteiger partial charge on any atom is -0.351 e. The summed E-state index contributed by atoms with van der Waals surface area (Å²) in [6, 6.07) is 13.8. The van der Waals surface area contributed by atoms with E-state index in [-0.39, 0.29) is 28.7 Å². The second kappa shape index (κ2) is 8.99. The Bertz CT molecular complexity index is 910. The van der Waals surface area contributed by atoms with Gasteiger partial charge in [0.25, 0.3) is 11.8 Å². The summed E-state index contributed by atoms with van der Waals surface area (Å²) in [7, 11) is 0. The van der Waals surface area contributed by atoms with Gasteiger partial charge in [-0.2, -0.15) is 0 Å². The zero-order chi connectivity index (χ0) is 21.9. The van der Waals surface area contributed by atoms with Gasteiger partial charge in [0, 0.05) is 33.8 Å². The van der Waals surface area contributed by atoms with Crippen molar-refractivity contribution in [1.29, 1.82) is 0 Å². The van der Waals surface area contributed by atoms with Crippen molar-refractivity contribution in [3.63, 3.8) is 0 Å². The van der Waals surface area contributed by atoms with Gasteiger partial charge in [0.05, 0.1) is 0 Å². The molecule has 30 heavy (non-hydrogen) atoms. The molecule has 0 unspecified atom stereocenters. The van der Waals surface area contributed by atoms with Crippen molar-refractivity contribution in [2.24, 2.45) is 10.8 Å². The summed E-state index contributed by atoms with van der Waals surface area (Å²) >= 11 is 11.8. The highest BCUT2D eigenvalue weighted by atomic mass is 35.5. The third-order valence-corrected chi connectivity index (χ3v) is 6.17. The molecule has 1 fully saturated rings. The lowest BCUT2D eigenvalue weighted by Crippen LogP contribution is -2.50. The van der Waals surface area contributed by atoms with Crippen LogP contribution >= 0.6 is 23.2 Å². The van der Waals surface area contributed by atoms with Crippen LogP contribution in [0.25, 0.3) is 0 Å². The summed E-state index contributed by atoms with van der Waals surface area (Å²) in [5, 5.41) is 7.46. The highest BCUT2D eigenvalue weighted by molar-refractivity contribution is 6.31. The molecule has 4 nitrogen and oxygen atoms in total. The Morgan fingerprint density at radius 1 is 0.867 bits per heavy atom. The van der Waals surface area contributed by atoms with E-state index in [1.807, 2.05) is 0 Å². The number of amides is 2. The van der Waals surface area contributed by atoms with E-state index < -0.39 is 0 Å². The predicted molar refractivity (Wildman–Crippen MR) is 122 cm³/mol. The number of rotatable bonds is 5. The fourth-order valence-electron chi connectivity index (χ4n) is 4.74. The molecular formula is C24H28Cl2N2O2. The molecule has 2 atom stereocenters. The molecule has 1 aliphatic carbocycles. The van der Waals surface area contributed by atoms with Gasteiger partial charge in [-0.3, -0.25) is 9.59 Å². The molecular weight excluding hydrogens is 419 g/mol. The predicted octanol–water partition coefficient (Wildman–Crippen LogP) is 5.74. The second-order valence-corrected chi connectivity index (χ2v) is 10.3. The van der Waals surface area contributed by atoms with Crippen molar-refractivity contribution >= 4 is 35.0 Å². The zero-order valence-electron chi connectivity index (χ0n) is 17.6. The number of hydrogen-bond donors (Lipinski definition) is 2. The molecule has 0 aromatic heterocycles. The van der Waals surface area contributed by atoms with E-state index in [2.05, 4.69) is 31.4 Å². The molecule has 0 aliphatic heterocycles. The summed E-state index contributed by atoms with van der Waals surface area (Å²) in [5.41, 5.74) is 1.11. The fraction of sp³-hybridized carbons (Fsp3) is 0.417. The Morgan fingerprint density at radius 2 is 1.37 bits per heavy atom. The van der Waals surface area contributed by atoms with Crippen LogP contribution < -0.4 is 10.6 Å². The van der Waals surface area contributed by atoms with Crippen molar-refractivity contribution in [2.75, 3.05) is 6.54 Å². The Balaban J connectivity index is 1.65. The first-order valence-corrected chi connectivity index (χ1v) is 10.9. The van der Waals surface area contributed by atoms with Gasteiger partial charge in [-0.15, -0.1) is 0 Å². The molecule has 0 saturated heterocycles. The summed E-state index contributed by atoms with van der Waals surface area (Å²) in [5.74, 6) is -0.208. The molecule has 3 rings (SSSR count). The van der Waals surface area contributed by atoms with Crippen LogP contribution in [0.3, 0.4) is 0 Å². The lowest BCUT2D eigenvalue weighted by molar-refractivity contribution is 0.0592. The van der Waals surface area contributed by atoms with E-state index in [9.17, 15) is 9.59 Å². The lowest BCUT2D eigenvalue weighted by Gasteiger charge is -2.47. The van der Waals surface area contributed by atoms with E-state index in [0.717, 1.165) is 19.3 Å². The first kappa shape index (κ1) is 22.6. The van der Waals surface area contributed by atoms with Crippen LogP contribution in [-0.2, 0) is 0 Å². The molecule has 1 aliphatic rings. The Hall–Kier alpha value is -2.04. The van der Waals surface area contributed by atoms with Crippen molar-refractivity contribution < 1.29 is 9.59 Å². The summed E-state index contributed by atoms with van der Waals surface area (Å²) < 4.78 is 0. The highest BCUT2D eigenvalue weighted by Gasteiger charge is 2.41. The Kier molecular flexibility index (Phi) is 6.78. The molecule has 2 N–H and O–H groups in total. The molecule has 2 aromatic rings. The monoisotopic (exact) mass is 446 g/mol. The smallest absolute Gasteiger partial charge is 0.251 e. The molecule has 0 spiro atoms. The summed E-state index contributed by atoms with van der Waals surface area (Å²) in [6.07, 6.45) is 2.66. The quantitative estimate of drug-likeness (QED) is 0.614. The van der Waals surface area contributed by atoms with Gasteiger partial charge in [-0.25, -0.2) is 0 Å². The average Bonchev–Trinajstić information content (AvgIpc) is 2.65. The van der Waals surface area contributed by atoms with Gasteiger partial charge < -0.3 is 10.6 Å². The molecule has 160 valence electrons. The van der Waals surface area contributed by atoms with Gasteiger partial charge in [-0.05, 0) is 78.6 Å². The number of carbonyl (C=O) groups is 2. The van der Waals surface area contributed by atoms with E-state index in [1.54, 1.807) is 48.5 Å². The fourth-order valence-corrected chi connectivity index (χ4v) is 4.99. The average molecular weight is 447 g/mol. The first-order valence-electron chi connectivity index (χ1n) is 10.2. The highest BCUT2D eigenvalue weighted by Crippen LogP contribution is 2.45. The van der Waals surface area contributed by atoms with E-state index in [1.165, 1.54) is 0 Å². The topological polar surface area (TPSA) is 58.2 Å². The van der Waals surface area contributed by atoms with Crippen LogP contribution in [0.4, 0.5) is 0 Å². The first-order chi connectivity index (χ1) is 14.1. The third kappa shape index (κ3) is 5.99. The molecule has 0 heterocycles. The Morgan fingerprint density at radius 3 is 1.90 bits per heavy atom. The minimum atomic E-state index is -0.123. The SMILES string of the molecule is CC1(C)C[C@@H](NC(=O)c2ccc(Cl)cc2)C[C@@](C)(CNC(=O)c2ccc(Cl)cc2)C1. The van der Waals surface area contributed by atoms with E-state index in [4.69, 9.17) is 23.2 Å². The second-order valence-electron chi connectivity index (χ2n) is 9.43. The Labute approximate surface area is 188 Å². The number of carbonyl (C=O) groups excluding carboxylic acids is 2. The molecule has 1 saturated carbocycles. The summed E-state index contributed by atoms with van der Waals surface area (Å²) in [4.78, 5) is 25.2. The van der Waals surface area contributed by atoms with Crippen molar-refractivity contribution in [3.8, 4) is 0 Å². The molecule has 6 heteroatoms. The van der Waals surface area contributed by atoms with Crippen molar-refractivity contribution in [1.82, 2.24) is 10.6 Å². The van der Waals surface area contributed by atoms with Gasteiger partial charge in [0.1, 0.15) is 0 Å². The molecule has 2 amide bonds. The molecule has 0 radical (unpaired) electrons. The van der Waals surface area contributed by atoms with Crippen molar-refractivity contribution in [3.05, 3.63) is 69.7 Å². The maximum atomic E-state index is 12.7. The number of benzene rings is 2. The lowest BCUT2D eigenvalue weighted by atomic mass is 9.62. The normalized spacial score (nSPS) is 22.9. The maximum absolute atomic E-state index is 12.7. The van der Waals surface area contributed by atoms with Gasteiger partial charge in [-0.1, -0.05) is 44.0 Å². The number of hydrogen-bond acceptors (Lipinski definition) is 2. The van der Waals surface area contributed by atoms with E-state index >= 15 is 0 Å². The van der Waals surface area contributed by atoms with Crippen LogP contribution in [0.2, 0.25) is 10.0 Å². The summed E-state index contributed by atoms with van der Waals surface area (Å²) in [6.45, 7) is 7.16. The minimum absolute atomic E-state index is 0.0364. The van der Waals surface area contributed by atoms with Crippen LogP contribution in [0.15, 0.2) is 48.5 Å².